The van der Waals surface area contributed by atoms with Gasteiger partial charge in [0, 0.05) is 0 Å². The van der Waals surface area contributed by atoms with Crippen LogP contribution in [0.1, 0.15) is 38.2 Å². The van der Waals surface area contributed by atoms with Crippen LogP contribution in [0.15, 0.2) is 54.6 Å². The first-order valence-corrected chi connectivity index (χ1v) is 8.28. The van der Waals surface area contributed by atoms with Gasteiger partial charge in [-0.2, -0.15) is 0 Å². The fourth-order valence-electron chi connectivity index (χ4n) is 2.27. The minimum absolute atomic E-state index is 0.740. The van der Waals surface area contributed by atoms with Crippen molar-refractivity contribution in [3.8, 4) is 11.5 Å². The van der Waals surface area contributed by atoms with Crippen molar-refractivity contribution >= 4 is 0 Å². The summed E-state index contributed by atoms with van der Waals surface area (Å²) in [4.78, 5) is 0. The highest BCUT2D eigenvalue weighted by Gasteiger charge is 1.98. The van der Waals surface area contributed by atoms with E-state index in [9.17, 15) is 0 Å². The number of rotatable bonds is 10. The van der Waals surface area contributed by atoms with Crippen LogP contribution in [0, 0.1) is 0 Å². The van der Waals surface area contributed by atoms with Gasteiger partial charge in [0.1, 0.15) is 11.5 Å². The largest absolute Gasteiger partial charge is 0.494 e. The Morgan fingerprint density at radius 1 is 0.727 bits per heavy atom. The molecule has 0 spiro atoms. The predicted molar refractivity (Wildman–Crippen MR) is 91.7 cm³/mol. The highest BCUT2D eigenvalue weighted by atomic mass is 16.5. The summed E-state index contributed by atoms with van der Waals surface area (Å²) in [5.41, 5.74) is 1.37. The van der Waals surface area contributed by atoms with Crippen molar-refractivity contribution in [2.75, 3.05) is 13.2 Å². The molecule has 0 saturated carbocycles. The number of benzene rings is 2. The van der Waals surface area contributed by atoms with Gasteiger partial charge in [-0.1, -0.05) is 43.7 Å². The quantitative estimate of drug-likeness (QED) is 0.556. The fourth-order valence-corrected chi connectivity index (χ4v) is 2.27. The van der Waals surface area contributed by atoms with Gasteiger partial charge in [0.2, 0.25) is 0 Å². The lowest BCUT2D eigenvalue weighted by atomic mass is 10.1. The summed E-state index contributed by atoms with van der Waals surface area (Å²) in [5, 5.41) is 0. The molecule has 0 heterocycles. The zero-order valence-corrected chi connectivity index (χ0v) is 13.5. The first kappa shape index (κ1) is 16.4. The molecule has 2 aromatic rings. The molecule has 0 N–H and O–H groups in total. The second-order valence-corrected chi connectivity index (χ2v) is 5.47. The Kier molecular flexibility index (Phi) is 7.37. The van der Waals surface area contributed by atoms with Crippen molar-refractivity contribution in [2.24, 2.45) is 0 Å². The van der Waals surface area contributed by atoms with Crippen LogP contribution in [0.2, 0.25) is 0 Å². The van der Waals surface area contributed by atoms with Gasteiger partial charge in [0.25, 0.3) is 0 Å². The Morgan fingerprint density at radius 2 is 1.41 bits per heavy atom. The predicted octanol–water partition coefficient (Wildman–Crippen LogP) is 5.27. The standard InChI is InChI=1S/C20H26O2/c1-2-3-10-18-11-9-14-20(17-18)22-16-8-7-15-21-19-12-5-4-6-13-19/h4-6,9,11-14,17H,2-3,7-8,10,15-16H2,1H3. The maximum absolute atomic E-state index is 5.82. The Bertz CT molecular complexity index is 522. The van der Waals surface area contributed by atoms with E-state index in [0.29, 0.717) is 0 Å². The van der Waals surface area contributed by atoms with Crippen LogP contribution in [-0.2, 0) is 6.42 Å². The molecule has 2 heteroatoms. The van der Waals surface area contributed by atoms with Crippen molar-refractivity contribution < 1.29 is 9.47 Å². The van der Waals surface area contributed by atoms with E-state index in [0.717, 1.165) is 44.0 Å². The third kappa shape index (κ3) is 6.21. The summed E-state index contributed by atoms with van der Waals surface area (Å²) in [6, 6.07) is 18.4. The van der Waals surface area contributed by atoms with E-state index in [2.05, 4.69) is 25.1 Å². The number of unbranched alkanes of at least 4 members (excludes halogenated alkanes) is 2. The highest BCUT2D eigenvalue weighted by Crippen LogP contribution is 2.15. The summed E-state index contributed by atoms with van der Waals surface area (Å²) in [7, 11) is 0. The Morgan fingerprint density at radius 3 is 2.14 bits per heavy atom. The van der Waals surface area contributed by atoms with Crippen molar-refractivity contribution in [3.05, 3.63) is 60.2 Å². The zero-order valence-electron chi connectivity index (χ0n) is 13.5. The number of ether oxygens (including phenoxy) is 2. The average molecular weight is 298 g/mol. The summed E-state index contributed by atoms with van der Waals surface area (Å²) in [6.07, 6.45) is 5.61. The van der Waals surface area contributed by atoms with E-state index in [1.807, 2.05) is 36.4 Å². The molecule has 0 radical (unpaired) electrons. The molecule has 0 bridgehead atoms. The molecule has 0 aliphatic rings. The molecular weight excluding hydrogens is 272 g/mol. The van der Waals surface area contributed by atoms with Crippen LogP contribution < -0.4 is 9.47 Å². The smallest absolute Gasteiger partial charge is 0.119 e. The van der Waals surface area contributed by atoms with E-state index in [-0.39, 0.29) is 0 Å². The first-order chi connectivity index (χ1) is 10.9. The van der Waals surface area contributed by atoms with E-state index in [1.54, 1.807) is 0 Å². The van der Waals surface area contributed by atoms with Gasteiger partial charge >= 0.3 is 0 Å². The maximum atomic E-state index is 5.82. The number of hydrogen-bond donors (Lipinski definition) is 0. The minimum Gasteiger partial charge on any atom is -0.494 e. The molecule has 2 rings (SSSR count). The van der Waals surface area contributed by atoms with Gasteiger partial charge in [0.15, 0.2) is 0 Å². The van der Waals surface area contributed by atoms with Crippen LogP contribution in [0.3, 0.4) is 0 Å². The Labute approximate surface area is 134 Å². The molecule has 0 saturated heterocycles. The highest BCUT2D eigenvalue weighted by molar-refractivity contribution is 5.28. The summed E-state index contributed by atoms with van der Waals surface area (Å²) in [5.74, 6) is 1.92. The van der Waals surface area contributed by atoms with Crippen LogP contribution in [0.4, 0.5) is 0 Å². The van der Waals surface area contributed by atoms with Gasteiger partial charge in [-0.3, -0.25) is 0 Å². The number of hydrogen-bond acceptors (Lipinski definition) is 2. The molecule has 2 nitrogen and oxygen atoms in total. The number of para-hydroxylation sites is 1. The second-order valence-electron chi connectivity index (χ2n) is 5.47. The maximum Gasteiger partial charge on any atom is 0.119 e. The third-order valence-corrected chi connectivity index (χ3v) is 3.54. The van der Waals surface area contributed by atoms with E-state index < -0.39 is 0 Å². The van der Waals surface area contributed by atoms with Gasteiger partial charge < -0.3 is 9.47 Å². The number of aryl methyl sites for hydroxylation is 1. The second kappa shape index (κ2) is 9.88. The van der Waals surface area contributed by atoms with Crippen molar-refractivity contribution in [1.82, 2.24) is 0 Å². The molecule has 22 heavy (non-hydrogen) atoms. The van der Waals surface area contributed by atoms with Crippen LogP contribution >= 0.6 is 0 Å². The third-order valence-electron chi connectivity index (χ3n) is 3.54. The molecule has 0 atom stereocenters. The van der Waals surface area contributed by atoms with E-state index >= 15 is 0 Å². The zero-order chi connectivity index (χ0) is 15.5. The molecule has 0 aliphatic heterocycles. The van der Waals surface area contributed by atoms with Gasteiger partial charge in [-0.05, 0) is 55.5 Å². The lowest BCUT2D eigenvalue weighted by molar-refractivity contribution is 0.266. The Hall–Kier alpha value is -1.96. The van der Waals surface area contributed by atoms with E-state index in [1.165, 1.54) is 18.4 Å². The lowest BCUT2D eigenvalue weighted by Crippen LogP contribution is -2.02. The SMILES string of the molecule is CCCCc1cccc(OCCCCOc2ccccc2)c1. The lowest BCUT2D eigenvalue weighted by Gasteiger charge is -2.09. The molecule has 0 aliphatic carbocycles. The van der Waals surface area contributed by atoms with Gasteiger partial charge in [-0.15, -0.1) is 0 Å². The minimum atomic E-state index is 0.740. The Balaban J connectivity index is 1.60. The normalized spacial score (nSPS) is 10.4. The first-order valence-electron chi connectivity index (χ1n) is 8.28. The summed E-state index contributed by atoms with van der Waals surface area (Å²) >= 11 is 0. The van der Waals surface area contributed by atoms with Crippen molar-refractivity contribution in [1.29, 1.82) is 0 Å². The summed E-state index contributed by atoms with van der Waals surface area (Å²) < 4.78 is 11.5. The molecule has 0 amide bonds. The van der Waals surface area contributed by atoms with Crippen LogP contribution in [0.5, 0.6) is 11.5 Å². The monoisotopic (exact) mass is 298 g/mol. The molecule has 118 valence electrons. The topological polar surface area (TPSA) is 18.5 Å². The molecular formula is C20H26O2. The molecule has 0 unspecified atom stereocenters. The van der Waals surface area contributed by atoms with Gasteiger partial charge in [-0.25, -0.2) is 0 Å². The van der Waals surface area contributed by atoms with Crippen molar-refractivity contribution in [3.63, 3.8) is 0 Å². The van der Waals surface area contributed by atoms with Gasteiger partial charge in [0.05, 0.1) is 13.2 Å². The molecule has 2 aromatic carbocycles. The van der Waals surface area contributed by atoms with Crippen molar-refractivity contribution in [2.45, 2.75) is 39.0 Å². The fraction of sp³-hybridized carbons (Fsp3) is 0.400. The average Bonchev–Trinajstić information content (AvgIpc) is 2.57. The molecule has 0 aromatic heterocycles. The summed E-state index contributed by atoms with van der Waals surface area (Å²) in [6.45, 7) is 3.71. The van der Waals surface area contributed by atoms with Crippen LogP contribution in [-0.4, -0.2) is 13.2 Å². The molecule has 0 fully saturated rings. The van der Waals surface area contributed by atoms with E-state index in [4.69, 9.17) is 9.47 Å². The van der Waals surface area contributed by atoms with Crippen LogP contribution in [0.25, 0.3) is 0 Å².